The van der Waals surface area contributed by atoms with Crippen molar-refractivity contribution in [2.24, 2.45) is 0 Å². The summed E-state index contributed by atoms with van der Waals surface area (Å²) in [6.07, 6.45) is 4.64. The predicted octanol–water partition coefficient (Wildman–Crippen LogP) is 2.33. The molecule has 0 spiro atoms. The molecule has 1 heterocycles. The van der Waals surface area contributed by atoms with Gasteiger partial charge in [0, 0.05) is 32.1 Å². The Hall–Kier alpha value is -3.17. The number of nitrogens with one attached hydrogen (secondary N) is 2. The molecule has 164 valence electrons. The van der Waals surface area contributed by atoms with E-state index >= 15 is 0 Å². The van der Waals surface area contributed by atoms with Crippen LogP contribution in [0.25, 0.3) is 6.08 Å². The quantitative estimate of drug-likeness (QED) is 0.428. The summed E-state index contributed by atoms with van der Waals surface area (Å²) >= 11 is 0. The van der Waals surface area contributed by atoms with Gasteiger partial charge in [-0.05, 0) is 42.7 Å². The number of sulfonamides is 1. The lowest BCUT2D eigenvalue weighted by molar-refractivity contribution is -0.117. The van der Waals surface area contributed by atoms with E-state index in [9.17, 15) is 23.1 Å². The maximum absolute atomic E-state index is 12.7. The van der Waals surface area contributed by atoms with Gasteiger partial charge in [0.1, 0.15) is 5.75 Å². The number of phenols is 1. The van der Waals surface area contributed by atoms with Gasteiger partial charge in [-0.2, -0.15) is 4.31 Å². The van der Waals surface area contributed by atoms with Gasteiger partial charge in [0.15, 0.2) is 0 Å². The third-order valence-corrected chi connectivity index (χ3v) is 6.72. The van der Waals surface area contributed by atoms with E-state index < -0.39 is 15.9 Å². The van der Waals surface area contributed by atoms with E-state index in [0.717, 1.165) is 18.4 Å². The van der Waals surface area contributed by atoms with Gasteiger partial charge in [0.25, 0.3) is 0 Å². The van der Waals surface area contributed by atoms with Gasteiger partial charge in [-0.1, -0.05) is 30.3 Å². The monoisotopic (exact) mass is 443 g/mol. The molecule has 8 nitrogen and oxygen atoms in total. The molecule has 2 amide bonds. The largest absolute Gasteiger partial charge is 0.506 e. The van der Waals surface area contributed by atoms with Crippen LogP contribution in [-0.4, -0.2) is 49.3 Å². The van der Waals surface area contributed by atoms with Crippen LogP contribution in [-0.2, 0) is 19.6 Å². The zero-order valence-corrected chi connectivity index (χ0v) is 17.8. The number of rotatable bonds is 8. The molecule has 9 heteroatoms. The second-order valence-corrected chi connectivity index (χ2v) is 9.06. The summed E-state index contributed by atoms with van der Waals surface area (Å²) in [4.78, 5) is 24.1. The molecule has 0 saturated carbocycles. The Morgan fingerprint density at radius 2 is 1.77 bits per heavy atom. The van der Waals surface area contributed by atoms with E-state index in [1.807, 2.05) is 30.3 Å². The summed E-state index contributed by atoms with van der Waals surface area (Å²) < 4.78 is 26.7. The zero-order valence-electron chi connectivity index (χ0n) is 17.0. The summed E-state index contributed by atoms with van der Waals surface area (Å²) in [5.74, 6) is -1.03. The van der Waals surface area contributed by atoms with E-state index in [-0.39, 0.29) is 35.2 Å². The normalized spacial score (nSPS) is 14.6. The van der Waals surface area contributed by atoms with Crippen LogP contribution in [0.2, 0.25) is 0 Å². The highest BCUT2D eigenvalue weighted by Crippen LogP contribution is 2.29. The molecule has 2 aromatic carbocycles. The highest BCUT2D eigenvalue weighted by atomic mass is 32.2. The second-order valence-electron chi connectivity index (χ2n) is 7.12. The van der Waals surface area contributed by atoms with Gasteiger partial charge in [-0.15, -0.1) is 0 Å². The van der Waals surface area contributed by atoms with Gasteiger partial charge < -0.3 is 15.7 Å². The topological polar surface area (TPSA) is 116 Å². The van der Waals surface area contributed by atoms with E-state index in [2.05, 4.69) is 10.6 Å². The third kappa shape index (κ3) is 6.16. The average molecular weight is 444 g/mol. The van der Waals surface area contributed by atoms with Gasteiger partial charge >= 0.3 is 0 Å². The first-order valence-corrected chi connectivity index (χ1v) is 11.4. The van der Waals surface area contributed by atoms with Crippen molar-refractivity contribution in [3.8, 4) is 5.75 Å². The minimum absolute atomic E-state index is 0.0144. The second kappa shape index (κ2) is 10.2. The Balaban J connectivity index is 1.53. The van der Waals surface area contributed by atoms with Gasteiger partial charge in [-0.25, -0.2) is 8.42 Å². The van der Waals surface area contributed by atoms with Crippen LogP contribution in [0.3, 0.4) is 0 Å². The highest BCUT2D eigenvalue weighted by molar-refractivity contribution is 7.89. The number of amides is 2. The summed E-state index contributed by atoms with van der Waals surface area (Å²) in [6, 6.07) is 13.1. The number of benzene rings is 2. The molecule has 1 aliphatic rings. The number of carbonyl (C=O) groups excluding carboxylic acids is 2. The number of carbonyl (C=O) groups is 2. The minimum atomic E-state index is -3.66. The molecule has 31 heavy (non-hydrogen) atoms. The van der Waals surface area contributed by atoms with Crippen LogP contribution in [0.1, 0.15) is 24.8 Å². The predicted molar refractivity (Wildman–Crippen MR) is 118 cm³/mol. The average Bonchev–Trinajstić information content (AvgIpc) is 3.30. The highest BCUT2D eigenvalue weighted by Gasteiger charge is 2.27. The first kappa shape index (κ1) is 22.5. The number of aromatic hydroxyl groups is 1. The van der Waals surface area contributed by atoms with Gasteiger partial charge in [-0.3, -0.25) is 9.59 Å². The molecule has 0 aromatic heterocycles. The Bertz CT molecular complexity index is 1060. The maximum Gasteiger partial charge on any atom is 0.244 e. The molecule has 1 fully saturated rings. The van der Waals surface area contributed by atoms with Crippen LogP contribution < -0.4 is 10.6 Å². The van der Waals surface area contributed by atoms with Crippen LogP contribution in [0, 0.1) is 0 Å². The molecular weight excluding hydrogens is 418 g/mol. The number of nitrogens with zero attached hydrogens (tertiary/aromatic N) is 1. The van der Waals surface area contributed by atoms with Crippen molar-refractivity contribution in [1.29, 1.82) is 0 Å². The number of anilines is 1. The Morgan fingerprint density at radius 1 is 1.06 bits per heavy atom. The van der Waals surface area contributed by atoms with Crippen molar-refractivity contribution < 1.29 is 23.1 Å². The summed E-state index contributed by atoms with van der Waals surface area (Å²) in [5.41, 5.74) is 0.898. The third-order valence-electron chi connectivity index (χ3n) is 4.82. The maximum atomic E-state index is 12.7. The van der Waals surface area contributed by atoms with Crippen LogP contribution >= 0.6 is 0 Å². The van der Waals surface area contributed by atoms with Crippen molar-refractivity contribution in [3.63, 3.8) is 0 Å². The SMILES string of the molecule is O=C(/C=C/c1ccccc1)NCCC(=O)Nc1cc(S(=O)(=O)N2CCCC2)ccc1O. The van der Waals surface area contributed by atoms with Gasteiger partial charge in [0.05, 0.1) is 10.6 Å². The molecule has 0 atom stereocenters. The van der Waals surface area contributed by atoms with E-state index in [1.165, 1.54) is 28.6 Å². The molecule has 0 radical (unpaired) electrons. The van der Waals surface area contributed by atoms with Crippen molar-refractivity contribution in [1.82, 2.24) is 9.62 Å². The molecule has 3 N–H and O–H groups in total. The molecule has 1 aliphatic heterocycles. The van der Waals surface area contributed by atoms with E-state index in [1.54, 1.807) is 6.08 Å². The Labute approximate surface area is 181 Å². The van der Waals surface area contributed by atoms with Crippen molar-refractivity contribution in [3.05, 3.63) is 60.2 Å². The lowest BCUT2D eigenvalue weighted by atomic mass is 10.2. The molecule has 0 unspecified atom stereocenters. The van der Waals surface area contributed by atoms with E-state index in [0.29, 0.717) is 13.1 Å². The van der Waals surface area contributed by atoms with Crippen LogP contribution in [0.15, 0.2) is 59.5 Å². The summed E-state index contributed by atoms with van der Waals surface area (Å²) in [6.45, 7) is 1.02. The zero-order chi connectivity index (χ0) is 22.3. The van der Waals surface area contributed by atoms with Crippen LogP contribution in [0.5, 0.6) is 5.75 Å². The number of hydrogen-bond acceptors (Lipinski definition) is 5. The first-order valence-electron chi connectivity index (χ1n) is 10.0. The number of hydrogen-bond donors (Lipinski definition) is 3. The van der Waals surface area contributed by atoms with Crippen LogP contribution in [0.4, 0.5) is 5.69 Å². The standard InChI is InChI=1S/C22H25N3O5S/c26-20-10-9-18(31(29,30)25-14-4-5-15-25)16-19(20)24-22(28)12-13-23-21(27)11-8-17-6-2-1-3-7-17/h1-3,6-11,16,26H,4-5,12-15H2,(H,23,27)(H,24,28)/b11-8+. The Morgan fingerprint density at radius 3 is 2.48 bits per heavy atom. The smallest absolute Gasteiger partial charge is 0.244 e. The molecule has 1 saturated heterocycles. The van der Waals surface area contributed by atoms with Gasteiger partial charge in [0.2, 0.25) is 21.8 Å². The lowest BCUT2D eigenvalue weighted by Crippen LogP contribution is -2.28. The van der Waals surface area contributed by atoms with Crippen molar-refractivity contribution in [2.75, 3.05) is 25.0 Å². The fourth-order valence-electron chi connectivity index (χ4n) is 3.16. The molecule has 0 aliphatic carbocycles. The van der Waals surface area contributed by atoms with Crippen molar-refractivity contribution in [2.45, 2.75) is 24.2 Å². The Kier molecular flexibility index (Phi) is 7.43. The summed E-state index contributed by atoms with van der Waals surface area (Å²) in [7, 11) is -3.66. The number of phenolic OH excluding ortho intramolecular Hbond substituents is 1. The summed E-state index contributed by atoms with van der Waals surface area (Å²) in [5, 5.41) is 15.1. The first-order chi connectivity index (χ1) is 14.9. The fraction of sp³-hybridized carbons (Fsp3) is 0.273. The van der Waals surface area contributed by atoms with Crippen molar-refractivity contribution >= 4 is 33.6 Å². The molecule has 0 bridgehead atoms. The minimum Gasteiger partial charge on any atom is -0.506 e. The molecular formula is C22H25N3O5S. The molecule has 2 aromatic rings. The van der Waals surface area contributed by atoms with E-state index in [4.69, 9.17) is 0 Å². The fourth-order valence-corrected chi connectivity index (χ4v) is 4.70. The lowest BCUT2D eigenvalue weighted by Gasteiger charge is -2.16. The molecule has 3 rings (SSSR count).